The molecule has 0 spiro atoms. The van der Waals surface area contributed by atoms with Crippen LogP contribution in [-0.2, 0) is 9.53 Å². The molecule has 0 aromatic carbocycles. The second kappa shape index (κ2) is 6.72. The fourth-order valence-corrected chi connectivity index (χ4v) is 2.45. The molecule has 0 saturated heterocycles. The van der Waals surface area contributed by atoms with Gasteiger partial charge in [-0.2, -0.15) is 0 Å². The van der Waals surface area contributed by atoms with Crippen LogP contribution in [0.5, 0.6) is 0 Å². The predicted octanol–water partition coefficient (Wildman–Crippen LogP) is 3.71. The minimum atomic E-state index is -0.0679. The minimum absolute atomic E-state index is 0.00222. The van der Waals surface area contributed by atoms with Crippen LogP contribution in [0.3, 0.4) is 0 Å². The van der Waals surface area contributed by atoms with Gasteiger partial charge in [-0.3, -0.25) is 4.79 Å². The lowest BCUT2D eigenvalue weighted by atomic mass is 9.97. The van der Waals surface area contributed by atoms with Crippen molar-refractivity contribution in [2.45, 2.75) is 52.9 Å². The maximum Gasteiger partial charge on any atom is 0.308 e. The molecule has 1 atom stereocenters. The molecule has 0 heterocycles. The first-order chi connectivity index (χ1) is 7.63. The van der Waals surface area contributed by atoms with Crippen LogP contribution in [0.25, 0.3) is 0 Å². The van der Waals surface area contributed by atoms with Gasteiger partial charge in [-0.05, 0) is 39.0 Å². The average molecular weight is 224 g/mol. The van der Waals surface area contributed by atoms with Crippen LogP contribution in [0.4, 0.5) is 0 Å². The van der Waals surface area contributed by atoms with Crippen LogP contribution in [0.1, 0.15) is 52.9 Å². The normalized spacial score (nSPS) is 19.8. The molecule has 1 fully saturated rings. The molecule has 0 amide bonds. The minimum Gasteiger partial charge on any atom is -0.466 e. The highest BCUT2D eigenvalue weighted by Crippen LogP contribution is 2.27. The first-order valence-electron chi connectivity index (χ1n) is 6.47. The Bertz CT molecular complexity index is 249. The number of allylic oxidation sites excluding steroid dienone is 2. The predicted molar refractivity (Wildman–Crippen MR) is 66.1 cm³/mol. The molecule has 0 aromatic rings. The van der Waals surface area contributed by atoms with Gasteiger partial charge in [0.05, 0.1) is 12.5 Å². The summed E-state index contributed by atoms with van der Waals surface area (Å²) < 4.78 is 5.01. The van der Waals surface area contributed by atoms with E-state index >= 15 is 0 Å². The molecule has 16 heavy (non-hydrogen) atoms. The van der Waals surface area contributed by atoms with Crippen molar-refractivity contribution >= 4 is 5.97 Å². The van der Waals surface area contributed by atoms with Crippen LogP contribution in [0.15, 0.2) is 11.6 Å². The van der Waals surface area contributed by atoms with Gasteiger partial charge in [-0.1, -0.05) is 31.4 Å². The molecule has 0 aliphatic heterocycles. The fourth-order valence-electron chi connectivity index (χ4n) is 2.45. The zero-order valence-corrected chi connectivity index (χ0v) is 10.8. The van der Waals surface area contributed by atoms with E-state index < -0.39 is 0 Å². The van der Waals surface area contributed by atoms with E-state index in [2.05, 4.69) is 13.0 Å². The summed E-state index contributed by atoms with van der Waals surface area (Å²) in [5, 5.41) is 0. The molecule has 0 bridgehead atoms. The molecule has 2 nitrogen and oxygen atoms in total. The number of hydrogen-bond donors (Lipinski definition) is 0. The van der Waals surface area contributed by atoms with E-state index in [9.17, 15) is 4.79 Å². The lowest BCUT2D eigenvalue weighted by Crippen LogP contribution is -2.15. The van der Waals surface area contributed by atoms with E-state index in [1.54, 1.807) is 0 Å². The van der Waals surface area contributed by atoms with Crippen molar-refractivity contribution < 1.29 is 9.53 Å². The third-order valence-corrected chi connectivity index (χ3v) is 3.24. The van der Waals surface area contributed by atoms with Crippen molar-refractivity contribution in [2.24, 2.45) is 11.8 Å². The highest BCUT2D eigenvalue weighted by atomic mass is 16.5. The zero-order chi connectivity index (χ0) is 12.0. The van der Waals surface area contributed by atoms with Gasteiger partial charge in [-0.25, -0.2) is 0 Å². The van der Waals surface area contributed by atoms with Crippen LogP contribution >= 0.6 is 0 Å². The van der Waals surface area contributed by atoms with E-state index in [-0.39, 0.29) is 11.9 Å². The maximum absolute atomic E-state index is 11.5. The SMILES string of the molecule is CCOC(=O)C(C)C/C(C)=C/C1CCCC1. The summed E-state index contributed by atoms with van der Waals surface area (Å²) in [6.07, 6.45) is 8.58. The topological polar surface area (TPSA) is 26.3 Å². The van der Waals surface area contributed by atoms with E-state index in [0.717, 1.165) is 12.3 Å². The number of carbonyl (C=O) groups excluding carboxylic acids is 1. The standard InChI is InChI=1S/C14H24O2/c1-4-16-14(15)12(3)9-11(2)10-13-7-5-6-8-13/h10,12-13H,4-9H2,1-3H3/b11-10+. The third-order valence-electron chi connectivity index (χ3n) is 3.24. The van der Waals surface area contributed by atoms with Crippen molar-refractivity contribution in [3.63, 3.8) is 0 Å². The van der Waals surface area contributed by atoms with Crippen molar-refractivity contribution in [1.82, 2.24) is 0 Å². The highest BCUT2D eigenvalue weighted by molar-refractivity contribution is 5.72. The Morgan fingerprint density at radius 2 is 2.06 bits per heavy atom. The summed E-state index contributed by atoms with van der Waals surface area (Å²) in [7, 11) is 0. The Labute approximate surface area is 99.1 Å². The molecular weight excluding hydrogens is 200 g/mol. The quantitative estimate of drug-likeness (QED) is 0.525. The van der Waals surface area contributed by atoms with Gasteiger partial charge >= 0.3 is 5.97 Å². The van der Waals surface area contributed by atoms with Crippen molar-refractivity contribution in [3.8, 4) is 0 Å². The maximum atomic E-state index is 11.5. The number of ether oxygens (including phenoxy) is 1. The van der Waals surface area contributed by atoms with Gasteiger partial charge in [0.25, 0.3) is 0 Å². The lowest BCUT2D eigenvalue weighted by molar-refractivity contribution is -0.147. The molecule has 92 valence electrons. The Hall–Kier alpha value is -0.790. The van der Waals surface area contributed by atoms with Crippen molar-refractivity contribution in [3.05, 3.63) is 11.6 Å². The Morgan fingerprint density at radius 1 is 1.44 bits per heavy atom. The molecule has 1 unspecified atom stereocenters. The average Bonchev–Trinajstić information content (AvgIpc) is 2.70. The van der Waals surface area contributed by atoms with Gasteiger partial charge in [0.15, 0.2) is 0 Å². The molecule has 1 aliphatic rings. The van der Waals surface area contributed by atoms with E-state index in [0.29, 0.717) is 6.61 Å². The van der Waals surface area contributed by atoms with Crippen molar-refractivity contribution in [1.29, 1.82) is 0 Å². The van der Waals surface area contributed by atoms with Gasteiger partial charge < -0.3 is 4.74 Å². The lowest BCUT2D eigenvalue weighted by Gasteiger charge is -2.12. The molecule has 1 rings (SSSR count). The summed E-state index contributed by atoms with van der Waals surface area (Å²) in [5.74, 6) is 0.689. The van der Waals surface area contributed by atoms with Gasteiger partial charge in [-0.15, -0.1) is 0 Å². The summed E-state index contributed by atoms with van der Waals surface area (Å²) in [6.45, 7) is 6.42. The van der Waals surface area contributed by atoms with Crippen LogP contribution < -0.4 is 0 Å². The second-order valence-electron chi connectivity index (χ2n) is 4.91. The largest absolute Gasteiger partial charge is 0.466 e. The van der Waals surface area contributed by atoms with Crippen molar-refractivity contribution in [2.75, 3.05) is 6.61 Å². The van der Waals surface area contributed by atoms with Gasteiger partial charge in [0.2, 0.25) is 0 Å². The molecule has 0 radical (unpaired) electrons. The first kappa shape index (κ1) is 13.3. The number of esters is 1. The summed E-state index contributed by atoms with van der Waals surface area (Å²) in [4.78, 5) is 11.5. The van der Waals surface area contributed by atoms with E-state index in [1.165, 1.54) is 31.3 Å². The van der Waals surface area contributed by atoms with Crippen LogP contribution in [0.2, 0.25) is 0 Å². The summed E-state index contributed by atoms with van der Waals surface area (Å²) in [5.41, 5.74) is 1.34. The van der Waals surface area contributed by atoms with E-state index in [4.69, 9.17) is 4.74 Å². The summed E-state index contributed by atoms with van der Waals surface area (Å²) in [6, 6.07) is 0. The monoisotopic (exact) mass is 224 g/mol. The first-order valence-corrected chi connectivity index (χ1v) is 6.47. The Balaban J connectivity index is 2.37. The van der Waals surface area contributed by atoms with E-state index in [1.807, 2.05) is 13.8 Å². The van der Waals surface area contributed by atoms with Gasteiger partial charge in [0.1, 0.15) is 0 Å². The second-order valence-corrected chi connectivity index (χ2v) is 4.91. The number of carbonyl (C=O) groups is 1. The zero-order valence-electron chi connectivity index (χ0n) is 10.8. The molecule has 1 saturated carbocycles. The Kier molecular flexibility index (Phi) is 5.58. The summed E-state index contributed by atoms with van der Waals surface area (Å²) >= 11 is 0. The van der Waals surface area contributed by atoms with Gasteiger partial charge in [0, 0.05) is 0 Å². The number of hydrogen-bond acceptors (Lipinski definition) is 2. The molecule has 0 N–H and O–H groups in total. The molecule has 0 aromatic heterocycles. The third kappa shape index (κ3) is 4.38. The molecule has 2 heteroatoms. The van der Waals surface area contributed by atoms with Crippen LogP contribution in [0, 0.1) is 11.8 Å². The number of rotatable bonds is 5. The molecular formula is C14H24O2. The fraction of sp³-hybridized carbons (Fsp3) is 0.786. The van der Waals surface area contributed by atoms with Crippen LogP contribution in [-0.4, -0.2) is 12.6 Å². The Morgan fingerprint density at radius 3 is 2.62 bits per heavy atom. The molecule has 1 aliphatic carbocycles. The highest BCUT2D eigenvalue weighted by Gasteiger charge is 2.16. The smallest absolute Gasteiger partial charge is 0.308 e.